The molecule has 1 aromatic carbocycles. The highest BCUT2D eigenvalue weighted by Gasteiger charge is 2.24. The number of anilines is 2. The molecule has 1 aromatic rings. The van der Waals surface area contributed by atoms with Gasteiger partial charge in [0, 0.05) is 24.7 Å². The number of hydrogen-bond acceptors (Lipinski definition) is 3. The van der Waals surface area contributed by atoms with Crippen LogP contribution in [-0.2, 0) is 9.59 Å². The van der Waals surface area contributed by atoms with E-state index in [0.717, 1.165) is 18.5 Å². The number of rotatable bonds is 5. The second-order valence-electron chi connectivity index (χ2n) is 4.76. The zero-order valence-corrected chi connectivity index (χ0v) is 11.9. The second-order valence-corrected chi connectivity index (χ2v) is 4.76. The zero-order chi connectivity index (χ0) is 14.5. The Hall–Kier alpha value is -2.04. The minimum absolute atomic E-state index is 0.00559. The van der Waals surface area contributed by atoms with Crippen LogP contribution in [0.5, 0.6) is 5.75 Å². The van der Waals surface area contributed by atoms with Crippen molar-refractivity contribution in [3.63, 3.8) is 0 Å². The molecule has 0 radical (unpaired) electrons. The summed E-state index contributed by atoms with van der Waals surface area (Å²) in [7, 11) is 0. The third kappa shape index (κ3) is 3.10. The lowest BCUT2D eigenvalue weighted by atomic mass is 10.2. The third-order valence-corrected chi connectivity index (χ3v) is 3.26. The number of fused-ring (bicyclic) bond motifs is 1. The zero-order valence-electron chi connectivity index (χ0n) is 11.9. The maximum atomic E-state index is 11.7. The van der Waals surface area contributed by atoms with Gasteiger partial charge in [-0.05, 0) is 25.5 Å². The number of likely N-dealkylation sites (N-methyl/N-ethyl adjacent to an activating group) is 1. The first-order valence-corrected chi connectivity index (χ1v) is 7.02. The number of amides is 2. The molecule has 1 aliphatic heterocycles. The van der Waals surface area contributed by atoms with Crippen molar-refractivity contribution in [3.05, 3.63) is 18.2 Å². The summed E-state index contributed by atoms with van der Waals surface area (Å²) in [6.07, 6.45) is 2.40. The molecule has 5 heteroatoms. The molecule has 0 spiro atoms. The molecule has 0 saturated carbocycles. The minimum atomic E-state index is -0.0419. The highest BCUT2D eigenvalue weighted by atomic mass is 16.5. The van der Waals surface area contributed by atoms with E-state index in [1.807, 2.05) is 13.0 Å². The van der Waals surface area contributed by atoms with Crippen molar-refractivity contribution in [2.75, 3.05) is 23.4 Å². The van der Waals surface area contributed by atoms with Crippen LogP contribution in [0.4, 0.5) is 11.4 Å². The number of ether oxygens (including phenoxy) is 1. The van der Waals surface area contributed by atoms with Crippen LogP contribution in [0.1, 0.15) is 33.1 Å². The van der Waals surface area contributed by atoms with Crippen molar-refractivity contribution >= 4 is 23.2 Å². The number of nitrogens with zero attached hydrogens (tertiary/aromatic N) is 1. The first-order chi connectivity index (χ1) is 9.65. The molecule has 0 aliphatic carbocycles. The van der Waals surface area contributed by atoms with Crippen LogP contribution in [0, 0.1) is 0 Å². The summed E-state index contributed by atoms with van der Waals surface area (Å²) in [5, 5.41) is 2.85. The highest BCUT2D eigenvalue weighted by molar-refractivity contribution is 5.99. The maximum absolute atomic E-state index is 11.7. The average Bonchev–Trinajstić information content (AvgIpc) is 2.45. The predicted octanol–water partition coefficient (Wildman–Crippen LogP) is 2.56. The first kappa shape index (κ1) is 14.4. The average molecular weight is 276 g/mol. The number of carbonyl (C=O) groups is 2. The summed E-state index contributed by atoms with van der Waals surface area (Å²) in [6, 6.07) is 5.38. The lowest BCUT2D eigenvalue weighted by molar-refractivity contribution is -0.121. The number of carbonyl (C=O) groups excluding carboxylic acids is 2. The highest BCUT2D eigenvalue weighted by Crippen LogP contribution is 2.34. The van der Waals surface area contributed by atoms with Gasteiger partial charge in [0.15, 0.2) is 6.61 Å². The Morgan fingerprint density at radius 2 is 2.20 bits per heavy atom. The van der Waals surface area contributed by atoms with Gasteiger partial charge in [-0.25, -0.2) is 0 Å². The van der Waals surface area contributed by atoms with Crippen molar-refractivity contribution < 1.29 is 14.3 Å². The van der Waals surface area contributed by atoms with Gasteiger partial charge in [-0.1, -0.05) is 13.3 Å². The summed E-state index contributed by atoms with van der Waals surface area (Å²) in [6.45, 7) is 4.63. The topological polar surface area (TPSA) is 58.6 Å². The molecule has 0 unspecified atom stereocenters. The second kappa shape index (κ2) is 6.41. The molecule has 0 saturated heterocycles. The lowest BCUT2D eigenvalue weighted by Crippen LogP contribution is -2.38. The Kier molecular flexibility index (Phi) is 4.61. The van der Waals surface area contributed by atoms with E-state index in [0.29, 0.717) is 24.4 Å². The molecule has 2 rings (SSSR count). The Morgan fingerprint density at radius 1 is 1.40 bits per heavy atom. The lowest BCUT2D eigenvalue weighted by Gasteiger charge is -2.28. The smallest absolute Gasteiger partial charge is 0.265 e. The summed E-state index contributed by atoms with van der Waals surface area (Å²) in [5.41, 5.74) is 1.46. The first-order valence-electron chi connectivity index (χ1n) is 7.02. The molecule has 0 atom stereocenters. The number of hydrogen-bond donors (Lipinski definition) is 1. The van der Waals surface area contributed by atoms with Gasteiger partial charge >= 0.3 is 0 Å². The largest absolute Gasteiger partial charge is 0.481 e. The molecule has 1 N–H and O–H groups in total. The van der Waals surface area contributed by atoms with Gasteiger partial charge in [-0.3, -0.25) is 9.59 Å². The number of nitrogens with one attached hydrogen (secondary N) is 1. The molecule has 0 aromatic heterocycles. The van der Waals surface area contributed by atoms with Crippen molar-refractivity contribution in [2.24, 2.45) is 0 Å². The van der Waals surface area contributed by atoms with E-state index >= 15 is 0 Å². The number of unbranched alkanes of at least 4 members (excludes halogenated alkanes) is 1. The molecular weight excluding hydrogens is 256 g/mol. The van der Waals surface area contributed by atoms with Crippen LogP contribution in [-0.4, -0.2) is 25.0 Å². The Bertz CT molecular complexity index is 514. The summed E-state index contributed by atoms with van der Waals surface area (Å²) in [5.74, 6) is 0.602. The molecule has 1 heterocycles. The van der Waals surface area contributed by atoms with Gasteiger partial charge < -0.3 is 15.0 Å². The predicted molar refractivity (Wildman–Crippen MR) is 78.1 cm³/mol. The van der Waals surface area contributed by atoms with Gasteiger partial charge in [0.1, 0.15) is 5.75 Å². The Balaban J connectivity index is 2.12. The Morgan fingerprint density at radius 3 is 2.90 bits per heavy atom. The molecule has 1 aliphatic rings. The van der Waals surface area contributed by atoms with Crippen LogP contribution in [0.3, 0.4) is 0 Å². The monoisotopic (exact) mass is 276 g/mol. The van der Waals surface area contributed by atoms with Gasteiger partial charge in [-0.15, -0.1) is 0 Å². The molecule has 108 valence electrons. The summed E-state index contributed by atoms with van der Waals surface area (Å²) < 4.78 is 5.43. The van der Waals surface area contributed by atoms with E-state index in [1.165, 1.54) is 0 Å². The van der Waals surface area contributed by atoms with E-state index in [4.69, 9.17) is 4.74 Å². The van der Waals surface area contributed by atoms with E-state index in [2.05, 4.69) is 12.2 Å². The van der Waals surface area contributed by atoms with Crippen LogP contribution in [0.25, 0.3) is 0 Å². The standard InChI is InChI=1S/C15H20N2O3/c1-3-5-6-14(18)16-11-7-8-12-13(9-11)20-10-15(19)17(12)4-2/h7-9H,3-6,10H2,1-2H3,(H,16,18). The van der Waals surface area contributed by atoms with Crippen molar-refractivity contribution in [1.82, 2.24) is 0 Å². The van der Waals surface area contributed by atoms with Crippen molar-refractivity contribution in [3.8, 4) is 5.75 Å². The van der Waals surface area contributed by atoms with E-state index in [1.54, 1.807) is 17.0 Å². The fourth-order valence-electron chi connectivity index (χ4n) is 2.19. The fraction of sp³-hybridized carbons (Fsp3) is 0.467. The quantitative estimate of drug-likeness (QED) is 0.899. The van der Waals surface area contributed by atoms with Crippen molar-refractivity contribution in [2.45, 2.75) is 33.1 Å². The van der Waals surface area contributed by atoms with Crippen molar-refractivity contribution in [1.29, 1.82) is 0 Å². The SMILES string of the molecule is CCCCC(=O)Nc1ccc2c(c1)OCC(=O)N2CC. The van der Waals surface area contributed by atoms with E-state index < -0.39 is 0 Å². The van der Waals surface area contributed by atoms with Crippen LogP contribution < -0.4 is 15.0 Å². The molecule has 20 heavy (non-hydrogen) atoms. The Labute approximate surface area is 118 Å². The molecule has 0 fully saturated rings. The fourth-order valence-corrected chi connectivity index (χ4v) is 2.19. The molecule has 5 nitrogen and oxygen atoms in total. The van der Waals surface area contributed by atoms with Gasteiger partial charge in [-0.2, -0.15) is 0 Å². The van der Waals surface area contributed by atoms with E-state index in [-0.39, 0.29) is 18.4 Å². The maximum Gasteiger partial charge on any atom is 0.265 e. The molecule has 0 bridgehead atoms. The molecule has 2 amide bonds. The van der Waals surface area contributed by atoms with Crippen LogP contribution in [0.15, 0.2) is 18.2 Å². The van der Waals surface area contributed by atoms with Gasteiger partial charge in [0.25, 0.3) is 5.91 Å². The third-order valence-electron chi connectivity index (χ3n) is 3.26. The minimum Gasteiger partial charge on any atom is -0.481 e. The number of benzene rings is 1. The van der Waals surface area contributed by atoms with Crippen LogP contribution >= 0.6 is 0 Å². The summed E-state index contributed by atoms with van der Waals surface area (Å²) in [4.78, 5) is 25.1. The molecular formula is C15H20N2O3. The van der Waals surface area contributed by atoms with Gasteiger partial charge in [0.05, 0.1) is 5.69 Å². The normalized spacial score (nSPS) is 13.7. The van der Waals surface area contributed by atoms with E-state index in [9.17, 15) is 9.59 Å². The van der Waals surface area contributed by atoms with Crippen LogP contribution in [0.2, 0.25) is 0 Å². The summed E-state index contributed by atoms with van der Waals surface area (Å²) >= 11 is 0. The van der Waals surface area contributed by atoms with Gasteiger partial charge in [0.2, 0.25) is 5.91 Å².